The minimum absolute atomic E-state index is 0.0152. The van der Waals surface area contributed by atoms with E-state index in [1.54, 1.807) is 0 Å². The second-order valence-electron chi connectivity index (χ2n) is 2.68. The highest BCUT2D eigenvalue weighted by atomic mass is 19.1. The molecule has 0 bridgehead atoms. The Morgan fingerprint density at radius 2 is 1.92 bits per heavy atom. The number of hydrogen-bond donors (Lipinski definition) is 3. The maximum Gasteiger partial charge on any atom is 0.149 e. The third-order valence-electron chi connectivity index (χ3n) is 1.71. The van der Waals surface area contributed by atoms with E-state index < -0.39 is 24.3 Å². The van der Waals surface area contributed by atoms with Gasteiger partial charge in [-0.15, -0.1) is 0 Å². The van der Waals surface area contributed by atoms with Gasteiger partial charge in [0.1, 0.15) is 11.6 Å². The minimum atomic E-state index is -0.872. The molecule has 0 fully saturated rings. The van der Waals surface area contributed by atoms with Gasteiger partial charge < -0.3 is 16.6 Å². The lowest BCUT2D eigenvalue weighted by Crippen LogP contribution is -2.16. The number of aliphatic hydroxyl groups is 1. The van der Waals surface area contributed by atoms with Gasteiger partial charge in [0.15, 0.2) is 0 Å². The van der Waals surface area contributed by atoms with Gasteiger partial charge >= 0.3 is 0 Å². The minimum Gasteiger partial charge on any atom is -0.396 e. The third kappa shape index (κ3) is 1.93. The van der Waals surface area contributed by atoms with Crippen LogP contribution in [-0.4, -0.2) is 11.7 Å². The molecule has 0 aliphatic rings. The summed E-state index contributed by atoms with van der Waals surface area (Å²) in [5.41, 5.74) is 10.4. The van der Waals surface area contributed by atoms with Crippen LogP contribution in [0.15, 0.2) is 12.1 Å². The first-order valence-corrected chi connectivity index (χ1v) is 3.67. The van der Waals surface area contributed by atoms with Gasteiger partial charge in [0.05, 0.1) is 18.3 Å². The quantitative estimate of drug-likeness (QED) is 0.593. The zero-order chi connectivity index (χ0) is 10.0. The van der Waals surface area contributed by atoms with Crippen LogP contribution in [-0.2, 0) is 0 Å². The normalized spacial score (nSPS) is 12.9. The average molecular weight is 188 g/mol. The molecule has 0 aromatic heterocycles. The lowest BCUT2D eigenvalue weighted by Gasteiger charge is -2.10. The summed E-state index contributed by atoms with van der Waals surface area (Å²) in [6.07, 6.45) is 0. The first-order valence-electron chi connectivity index (χ1n) is 3.67. The molecule has 1 aromatic carbocycles. The van der Waals surface area contributed by atoms with Gasteiger partial charge in [-0.2, -0.15) is 0 Å². The van der Waals surface area contributed by atoms with Crippen molar-refractivity contribution < 1.29 is 13.9 Å². The van der Waals surface area contributed by atoms with Crippen molar-refractivity contribution in [2.45, 2.75) is 6.04 Å². The molecule has 1 atom stereocenters. The van der Waals surface area contributed by atoms with E-state index in [-0.39, 0.29) is 11.3 Å². The lowest BCUT2D eigenvalue weighted by molar-refractivity contribution is 0.265. The van der Waals surface area contributed by atoms with Crippen molar-refractivity contribution in [3.8, 4) is 0 Å². The van der Waals surface area contributed by atoms with E-state index in [0.29, 0.717) is 6.07 Å². The van der Waals surface area contributed by atoms with Crippen molar-refractivity contribution in [2.24, 2.45) is 5.73 Å². The molecule has 0 spiro atoms. The second-order valence-corrected chi connectivity index (χ2v) is 2.68. The van der Waals surface area contributed by atoms with Gasteiger partial charge in [-0.25, -0.2) is 8.78 Å². The Labute approximate surface area is 74.0 Å². The van der Waals surface area contributed by atoms with Crippen LogP contribution in [0.2, 0.25) is 0 Å². The summed E-state index contributed by atoms with van der Waals surface area (Å²) in [7, 11) is 0. The highest BCUT2D eigenvalue weighted by Crippen LogP contribution is 2.20. The van der Waals surface area contributed by atoms with Crippen LogP contribution >= 0.6 is 0 Å². The van der Waals surface area contributed by atoms with Gasteiger partial charge in [-0.1, -0.05) is 0 Å². The van der Waals surface area contributed by atoms with E-state index in [4.69, 9.17) is 16.6 Å². The van der Waals surface area contributed by atoms with E-state index in [1.165, 1.54) is 0 Å². The second kappa shape index (κ2) is 3.68. The van der Waals surface area contributed by atoms with Crippen LogP contribution < -0.4 is 11.5 Å². The van der Waals surface area contributed by atoms with Gasteiger partial charge in [-0.05, 0) is 6.07 Å². The number of anilines is 1. The molecule has 0 aliphatic heterocycles. The van der Waals surface area contributed by atoms with E-state index in [9.17, 15) is 8.78 Å². The van der Waals surface area contributed by atoms with E-state index in [2.05, 4.69) is 0 Å². The average Bonchev–Trinajstić information content (AvgIpc) is 2.10. The highest BCUT2D eigenvalue weighted by Gasteiger charge is 2.13. The summed E-state index contributed by atoms with van der Waals surface area (Å²) in [5, 5.41) is 8.65. The summed E-state index contributed by atoms with van der Waals surface area (Å²) in [4.78, 5) is 0. The SMILES string of the molecule is Nc1cc([C@@H](N)CO)c(F)cc1F. The Morgan fingerprint density at radius 1 is 1.31 bits per heavy atom. The van der Waals surface area contributed by atoms with Gasteiger partial charge in [0.2, 0.25) is 0 Å². The van der Waals surface area contributed by atoms with Crippen LogP contribution in [0.4, 0.5) is 14.5 Å². The van der Waals surface area contributed by atoms with E-state index in [1.807, 2.05) is 0 Å². The lowest BCUT2D eigenvalue weighted by atomic mass is 10.1. The predicted molar refractivity (Wildman–Crippen MR) is 44.8 cm³/mol. The summed E-state index contributed by atoms with van der Waals surface area (Å²) in [6.45, 7) is -0.415. The number of benzene rings is 1. The molecule has 1 rings (SSSR count). The topological polar surface area (TPSA) is 72.3 Å². The Bertz CT molecular complexity index is 317. The fourth-order valence-electron chi connectivity index (χ4n) is 0.966. The van der Waals surface area contributed by atoms with E-state index >= 15 is 0 Å². The van der Waals surface area contributed by atoms with Crippen molar-refractivity contribution in [2.75, 3.05) is 12.3 Å². The predicted octanol–water partition coefficient (Wildman–Crippen LogP) is 0.539. The standard InChI is InChI=1S/C8H10F2N2O/c9-5-2-6(10)7(11)1-4(5)8(12)3-13/h1-2,8,13H,3,11-12H2/t8-/m0/s1. The van der Waals surface area contributed by atoms with Crippen LogP contribution in [0.3, 0.4) is 0 Å². The zero-order valence-corrected chi connectivity index (χ0v) is 6.80. The van der Waals surface area contributed by atoms with Crippen molar-refractivity contribution in [3.63, 3.8) is 0 Å². The summed E-state index contributed by atoms with van der Waals surface area (Å²) in [6, 6.07) is 0.869. The van der Waals surface area contributed by atoms with Crippen molar-refractivity contribution in [1.29, 1.82) is 0 Å². The maximum atomic E-state index is 13.0. The van der Waals surface area contributed by atoms with Crippen LogP contribution in [0.25, 0.3) is 0 Å². The monoisotopic (exact) mass is 188 g/mol. The molecule has 0 heterocycles. The molecular weight excluding hydrogens is 178 g/mol. The zero-order valence-electron chi connectivity index (χ0n) is 6.80. The summed E-state index contributed by atoms with van der Waals surface area (Å²) < 4.78 is 25.6. The molecule has 72 valence electrons. The molecule has 13 heavy (non-hydrogen) atoms. The molecule has 0 amide bonds. The molecule has 1 aromatic rings. The highest BCUT2D eigenvalue weighted by molar-refractivity contribution is 5.44. The molecule has 0 saturated carbocycles. The number of rotatable bonds is 2. The molecule has 0 unspecified atom stereocenters. The largest absolute Gasteiger partial charge is 0.396 e. The van der Waals surface area contributed by atoms with E-state index in [0.717, 1.165) is 6.07 Å². The third-order valence-corrected chi connectivity index (χ3v) is 1.71. The smallest absolute Gasteiger partial charge is 0.149 e. The Balaban J connectivity index is 3.15. The van der Waals surface area contributed by atoms with Gasteiger partial charge in [0.25, 0.3) is 0 Å². The molecule has 3 nitrogen and oxygen atoms in total. The molecule has 5 heteroatoms. The number of hydrogen-bond acceptors (Lipinski definition) is 3. The fraction of sp³-hybridized carbons (Fsp3) is 0.250. The fourth-order valence-corrected chi connectivity index (χ4v) is 0.966. The van der Waals surface area contributed by atoms with Gasteiger partial charge in [0, 0.05) is 11.6 Å². The number of nitrogen functional groups attached to an aromatic ring is 1. The molecule has 0 saturated heterocycles. The van der Waals surface area contributed by atoms with Crippen LogP contribution in [0, 0.1) is 11.6 Å². The first kappa shape index (κ1) is 9.88. The van der Waals surface area contributed by atoms with Gasteiger partial charge in [-0.3, -0.25) is 0 Å². The molecule has 0 aliphatic carbocycles. The number of nitrogens with two attached hydrogens (primary N) is 2. The van der Waals surface area contributed by atoms with Crippen molar-refractivity contribution >= 4 is 5.69 Å². The molecule has 0 radical (unpaired) electrons. The molecular formula is C8H10F2N2O. The Hall–Kier alpha value is -1.20. The Kier molecular flexibility index (Phi) is 2.79. The number of aliphatic hydroxyl groups excluding tert-OH is 1. The van der Waals surface area contributed by atoms with Crippen molar-refractivity contribution in [1.82, 2.24) is 0 Å². The van der Waals surface area contributed by atoms with Crippen molar-refractivity contribution in [3.05, 3.63) is 29.3 Å². The maximum absolute atomic E-state index is 13.0. The number of halogens is 2. The van der Waals surface area contributed by atoms with Crippen LogP contribution in [0.5, 0.6) is 0 Å². The summed E-state index contributed by atoms with van der Waals surface area (Å²) in [5.74, 6) is -1.63. The Morgan fingerprint density at radius 3 is 2.46 bits per heavy atom. The molecule has 5 N–H and O–H groups in total. The van der Waals surface area contributed by atoms with Crippen LogP contribution in [0.1, 0.15) is 11.6 Å². The first-order chi connectivity index (χ1) is 6.06. The summed E-state index contributed by atoms with van der Waals surface area (Å²) >= 11 is 0.